The summed E-state index contributed by atoms with van der Waals surface area (Å²) in [6, 6.07) is 3.30. The number of hydrogen-bond donors (Lipinski definition) is 1. The number of anilines is 1. The van der Waals surface area contributed by atoms with Crippen LogP contribution in [0.2, 0.25) is 0 Å². The van der Waals surface area contributed by atoms with E-state index in [0.29, 0.717) is 19.1 Å². The highest BCUT2D eigenvalue weighted by Gasteiger charge is 2.18. The molecule has 0 fully saturated rings. The van der Waals surface area contributed by atoms with Gasteiger partial charge in [0.15, 0.2) is 0 Å². The van der Waals surface area contributed by atoms with E-state index in [1.807, 2.05) is 19.9 Å². The highest BCUT2D eigenvalue weighted by Crippen LogP contribution is 2.14. The van der Waals surface area contributed by atoms with Gasteiger partial charge in [-0.25, -0.2) is 9.78 Å². The average Bonchev–Trinajstić information content (AvgIpc) is 2.41. The quantitative estimate of drug-likeness (QED) is 0.733. The fourth-order valence-electron chi connectivity index (χ4n) is 1.68. The maximum absolute atomic E-state index is 11.8. The van der Waals surface area contributed by atoms with Crippen molar-refractivity contribution < 1.29 is 14.3 Å². The Bertz CT molecular complexity index is 379. The number of hydrogen-bond acceptors (Lipinski definition) is 5. The van der Waals surface area contributed by atoms with E-state index in [9.17, 15) is 4.79 Å². The minimum atomic E-state index is -0.329. The van der Waals surface area contributed by atoms with E-state index in [-0.39, 0.29) is 12.0 Å². The Morgan fingerprint density at radius 1 is 1.32 bits per heavy atom. The molecule has 0 bridgehead atoms. The smallest absolute Gasteiger partial charge is 0.328 e. The third-order valence-corrected chi connectivity index (χ3v) is 2.52. The van der Waals surface area contributed by atoms with Crippen molar-refractivity contribution in [3.8, 4) is 5.88 Å². The number of esters is 1. The van der Waals surface area contributed by atoms with Gasteiger partial charge in [0.25, 0.3) is 0 Å². The zero-order chi connectivity index (χ0) is 14.1. The van der Waals surface area contributed by atoms with E-state index in [4.69, 9.17) is 9.47 Å². The lowest BCUT2D eigenvalue weighted by atomic mass is 10.1. The largest absolute Gasteiger partial charge is 0.478 e. The van der Waals surface area contributed by atoms with Crippen molar-refractivity contribution in [1.82, 2.24) is 4.98 Å². The molecule has 1 aromatic heterocycles. The summed E-state index contributed by atoms with van der Waals surface area (Å²) in [5.41, 5.74) is 0.787. The highest BCUT2D eigenvalue weighted by atomic mass is 16.5. The molecule has 0 amide bonds. The molecule has 1 aromatic rings. The zero-order valence-electron chi connectivity index (χ0n) is 11.8. The van der Waals surface area contributed by atoms with E-state index in [1.165, 1.54) is 0 Å². The van der Waals surface area contributed by atoms with Gasteiger partial charge in [0.1, 0.15) is 6.04 Å². The molecule has 1 unspecified atom stereocenters. The maximum Gasteiger partial charge on any atom is 0.328 e. The first-order valence-electron chi connectivity index (χ1n) is 6.73. The Morgan fingerprint density at radius 3 is 2.63 bits per heavy atom. The number of ether oxygens (including phenoxy) is 2. The Balaban J connectivity index is 2.64. The van der Waals surface area contributed by atoms with Gasteiger partial charge in [-0.2, -0.15) is 0 Å². The molecular formula is C14H22N2O3. The van der Waals surface area contributed by atoms with Crippen molar-refractivity contribution in [1.29, 1.82) is 0 Å². The second-order valence-electron chi connectivity index (χ2n) is 4.06. The van der Waals surface area contributed by atoms with Gasteiger partial charge in [0.05, 0.1) is 25.1 Å². The minimum absolute atomic E-state index is 0.224. The molecule has 1 atom stereocenters. The number of aromatic nitrogens is 1. The van der Waals surface area contributed by atoms with Crippen molar-refractivity contribution in [2.24, 2.45) is 0 Å². The van der Waals surface area contributed by atoms with E-state index in [2.05, 4.69) is 10.3 Å². The fraction of sp³-hybridized carbons (Fsp3) is 0.571. The molecule has 106 valence electrons. The van der Waals surface area contributed by atoms with Crippen molar-refractivity contribution in [3.05, 3.63) is 18.3 Å². The highest BCUT2D eigenvalue weighted by molar-refractivity contribution is 5.79. The van der Waals surface area contributed by atoms with Crippen molar-refractivity contribution in [3.63, 3.8) is 0 Å². The number of carbonyl (C=O) groups excluding carboxylic acids is 1. The summed E-state index contributed by atoms with van der Waals surface area (Å²) in [7, 11) is 0. The van der Waals surface area contributed by atoms with Crippen LogP contribution in [0.15, 0.2) is 18.3 Å². The third-order valence-electron chi connectivity index (χ3n) is 2.52. The predicted molar refractivity (Wildman–Crippen MR) is 74.4 cm³/mol. The minimum Gasteiger partial charge on any atom is -0.478 e. The second kappa shape index (κ2) is 8.34. The Hall–Kier alpha value is -1.78. The summed E-state index contributed by atoms with van der Waals surface area (Å²) in [6.07, 6.45) is 3.29. The summed E-state index contributed by atoms with van der Waals surface area (Å²) >= 11 is 0. The van der Waals surface area contributed by atoms with Crippen LogP contribution in [0, 0.1) is 0 Å². The van der Waals surface area contributed by atoms with Crippen LogP contribution in [-0.4, -0.2) is 30.2 Å². The van der Waals surface area contributed by atoms with Gasteiger partial charge in [0, 0.05) is 6.07 Å². The molecule has 1 N–H and O–H groups in total. The van der Waals surface area contributed by atoms with Gasteiger partial charge in [-0.3, -0.25) is 0 Å². The Kier molecular flexibility index (Phi) is 6.71. The van der Waals surface area contributed by atoms with Gasteiger partial charge in [-0.15, -0.1) is 0 Å². The SMILES string of the molecule is CCCC(Nc1ccc(OCC)nc1)C(=O)OCC. The predicted octanol–water partition coefficient (Wildman–Crippen LogP) is 2.62. The third kappa shape index (κ3) is 5.16. The lowest BCUT2D eigenvalue weighted by Gasteiger charge is -2.17. The van der Waals surface area contributed by atoms with Gasteiger partial charge < -0.3 is 14.8 Å². The lowest BCUT2D eigenvalue weighted by molar-refractivity contribution is -0.144. The van der Waals surface area contributed by atoms with Crippen LogP contribution < -0.4 is 10.1 Å². The molecule has 0 aliphatic carbocycles. The molecule has 0 radical (unpaired) electrons. The molecule has 5 heteroatoms. The number of nitrogens with zero attached hydrogens (tertiary/aromatic N) is 1. The zero-order valence-corrected chi connectivity index (χ0v) is 11.8. The summed E-state index contributed by atoms with van der Waals surface area (Å²) in [5.74, 6) is 0.356. The summed E-state index contributed by atoms with van der Waals surface area (Å²) < 4.78 is 10.3. The number of pyridine rings is 1. The molecule has 0 aromatic carbocycles. The molecule has 0 saturated heterocycles. The van der Waals surface area contributed by atoms with Crippen LogP contribution >= 0.6 is 0 Å². The van der Waals surface area contributed by atoms with E-state index in [0.717, 1.165) is 18.5 Å². The van der Waals surface area contributed by atoms with Crippen molar-refractivity contribution in [2.45, 2.75) is 39.7 Å². The molecule has 5 nitrogen and oxygen atoms in total. The molecule has 0 aliphatic rings. The summed E-state index contributed by atoms with van der Waals surface area (Å²) in [4.78, 5) is 15.9. The fourth-order valence-corrected chi connectivity index (χ4v) is 1.68. The van der Waals surface area contributed by atoms with Crippen molar-refractivity contribution in [2.75, 3.05) is 18.5 Å². The second-order valence-corrected chi connectivity index (χ2v) is 4.06. The van der Waals surface area contributed by atoms with Gasteiger partial charge in [-0.1, -0.05) is 13.3 Å². The normalized spacial score (nSPS) is 11.7. The molecular weight excluding hydrogens is 244 g/mol. The van der Waals surface area contributed by atoms with Crippen molar-refractivity contribution >= 4 is 11.7 Å². The Labute approximate surface area is 114 Å². The van der Waals surface area contributed by atoms with E-state index < -0.39 is 0 Å². The lowest BCUT2D eigenvalue weighted by Crippen LogP contribution is -2.31. The number of carbonyl (C=O) groups is 1. The van der Waals surface area contributed by atoms with Crippen LogP contribution in [0.4, 0.5) is 5.69 Å². The van der Waals surface area contributed by atoms with Crippen LogP contribution in [0.3, 0.4) is 0 Å². The van der Waals surface area contributed by atoms with Crippen LogP contribution in [-0.2, 0) is 9.53 Å². The first-order chi connectivity index (χ1) is 9.21. The maximum atomic E-state index is 11.8. The first kappa shape index (κ1) is 15.3. The molecule has 19 heavy (non-hydrogen) atoms. The van der Waals surface area contributed by atoms with Crippen LogP contribution in [0.25, 0.3) is 0 Å². The monoisotopic (exact) mass is 266 g/mol. The number of nitrogens with one attached hydrogen (secondary N) is 1. The standard InChI is InChI=1S/C14H22N2O3/c1-4-7-12(14(17)19-6-3)16-11-8-9-13(15-10-11)18-5-2/h8-10,12,16H,4-7H2,1-3H3. The topological polar surface area (TPSA) is 60.5 Å². The van der Waals surface area contributed by atoms with Gasteiger partial charge >= 0.3 is 5.97 Å². The summed E-state index contributed by atoms with van der Waals surface area (Å²) in [5, 5.41) is 3.14. The van der Waals surface area contributed by atoms with Gasteiger partial charge in [-0.05, 0) is 26.3 Å². The van der Waals surface area contributed by atoms with Gasteiger partial charge in [0.2, 0.25) is 5.88 Å². The average molecular weight is 266 g/mol. The summed E-state index contributed by atoms with van der Waals surface area (Å²) in [6.45, 7) is 6.72. The Morgan fingerprint density at radius 2 is 2.11 bits per heavy atom. The van der Waals surface area contributed by atoms with Crippen LogP contribution in [0.5, 0.6) is 5.88 Å². The first-order valence-corrected chi connectivity index (χ1v) is 6.73. The molecule has 1 rings (SSSR count). The molecule has 0 aliphatic heterocycles. The number of rotatable bonds is 8. The molecule has 0 saturated carbocycles. The van der Waals surface area contributed by atoms with Crippen LogP contribution in [0.1, 0.15) is 33.6 Å². The molecule has 1 heterocycles. The van der Waals surface area contributed by atoms with E-state index >= 15 is 0 Å². The molecule has 0 spiro atoms. The van der Waals surface area contributed by atoms with E-state index in [1.54, 1.807) is 19.2 Å².